The first kappa shape index (κ1) is 11.5. The van der Waals surface area contributed by atoms with Gasteiger partial charge < -0.3 is 5.32 Å². The molecule has 1 aliphatic carbocycles. The minimum atomic E-state index is 0.458. The molecule has 0 bridgehead atoms. The predicted molar refractivity (Wildman–Crippen MR) is 75.1 cm³/mol. The molecule has 0 spiro atoms. The van der Waals surface area contributed by atoms with E-state index in [2.05, 4.69) is 34.6 Å². The van der Waals surface area contributed by atoms with Crippen molar-refractivity contribution in [2.45, 2.75) is 25.3 Å². The van der Waals surface area contributed by atoms with Crippen LogP contribution in [0, 0.1) is 0 Å². The quantitative estimate of drug-likeness (QED) is 0.888. The number of rotatable bonds is 2. The average molecular weight is 259 g/mol. The van der Waals surface area contributed by atoms with Gasteiger partial charge in [0.1, 0.15) is 0 Å². The van der Waals surface area contributed by atoms with Gasteiger partial charge in [0, 0.05) is 18.4 Å². The Bertz CT molecular complexity index is 554. The second-order valence-electron chi connectivity index (χ2n) is 4.71. The zero-order valence-corrected chi connectivity index (χ0v) is 10.8. The van der Waals surface area contributed by atoms with Crippen molar-refractivity contribution in [1.82, 2.24) is 4.98 Å². The minimum Gasteiger partial charge on any atom is -0.381 e. The normalized spacial score (nSPS) is 18.2. The Kier molecular flexibility index (Phi) is 3.20. The minimum absolute atomic E-state index is 0.458. The molecule has 92 valence electrons. The summed E-state index contributed by atoms with van der Waals surface area (Å²) in [4.78, 5) is 4.00. The topological polar surface area (TPSA) is 24.9 Å². The highest BCUT2D eigenvalue weighted by Gasteiger charge is 2.18. The van der Waals surface area contributed by atoms with Gasteiger partial charge in [0.05, 0.1) is 10.7 Å². The molecule has 0 fully saturated rings. The summed E-state index contributed by atoms with van der Waals surface area (Å²) in [6.07, 6.45) is 6.80. The smallest absolute Gasteiger partial charge is 0.0820 e. The Morgan fingerprint density at radius 1 is 1.17 bits per heavy atom. The molecule has 1 atom stereocenters. The van der Waals surface area contributed by atoms with Gasteiger partial charge in [-0.3, -0.25) is 4.98 Å². The average Bonchev–Trinajstić information content (AvgIpc) is 2.41. The van der Waals surface area contributed by atoms with E-state index in [1.165, 1.54) is 11.1 Å². The lowest BCUT2D eigenvalue weighted by molar-refractivity contribution is 0.611. The molecule has 1 aromatic heterocycles. The third kappa shape index (κ3) is 2.34. The largest absolute Gasteiger partial charge is 0.381 e. The van der Waals surface area contributed by atoms with Gasteiger partial charge in [-0.2, -0.15) is 0 Å². The van der Waals surface area contributed by atoms with Gasteiger partial charge in [-0.25, -0.2) is 0 Å². The fourth-order valence-electron chi connectivity index (χ4n) is 2.53. The number of pyridine rings is 1. The van der Waals surface area contributed by atoms with E-state index in [1.54, 1.807) is 12.4 Å². The van der Waals surface area contributed by atoms with Crippen LogP contribution in [0.3, 0.4) is 0 Å². The summed E-state index contributed by atoms with van der Waals surface area (Å²) in [5, 5.41) is 4.21. The zero-order valence-electron chi connectivity index (χ0n) is 10.1. The highest BCUT2D eigenvalue weighted by Crippen LogP contribution is 2.26. The van der Waals surface area contributed by atoms with Crippen LogP contribution in [-0.4, -0.2) is 11.0 Å². The van der Waals surface area contributed by atoms with Crippen LogP contribution in [0.4, 0.5) is 5.69 Å². The molecule has 0 saturated heterocycles. The van der Waals surface area contributed by atoms with Gasteiger partial charge in [0.2, 0.25) is 0 Å². The lowest BCUT2D eigenvalue weighted by Gasteiger charge is -2.26. The molecule has 1 heterocycles. The van der Waals surface area contributed by atoms with Crippen LogP contribution >= 0.6 is 11.6 Å². The molecule has 0 amide bonds. The molecule has 18 heavy (non-hydrogen) atoms. The Hall–Kier alpha value is -1.54. The highest BCUT2D eigenvalue weighted by atomic mass is 35.5. The number of anilines is 1. The number of aryl methyl sites for hydroxylation is 1. The molecule has 1 unspecified atom stereocenters. The Balaban J connectivity index is 1.75. The Morgan fingerprint density at radius 3 is 2.83 bits per heavy atom. The molecule has 2 aromatic rings. The number of nitrogens with zero attached hydrogens (tertiary/aromatic N) is 1. The molecule has 0 radical (unpaired) electrons. The Morgan fingerprint density at radius 2 is 2.00 bits per heavy atom. The molecule has 1 aliphatic rings. The fraction of sp³-hybridized carbons (Fsp3) is 0.267. The number of halogens is 1. The number of fused-ring (bicyclic) bond motifs is 1. The number of aromatic nitrogens is 1. The van der Waals surface area contributed by atoms with Crippen molar-refractivity contribution >= 4 is 17.3 Å². The summed E-state index contributed by atoms with van der Waals surface area (Å²) in [6, 6.07) is 11.1. The van der Waals surface area contributed by atoms with E-state index in [1.807, 2.05) is 6.07 Å². The Labute approximate surface area is 112 Å². The van der Waals surface area contributed by atoms with Crippen LogP contribution in [0.2, 0.25) is 5.02 Å². The van der Waals surface area contributed by atoms with E-state index in [9.17, 15) is 0 Å². The summed E-state index contributed by atoms with van der Waals surface area (Å²) >= 11 is 6.12. The number of benzene rings is 1. The molecule has 2 nitrogen and oxygen atoms in total. The van der Waals surface area contributed by atoms with Crippen molar-refractivity contribution in [3.8, 4) is 0 Å². The van der Waals surface area contributed by atoms with Crippen molar-refractivity contribution in [2.24, 2.45) is 0 Å². The van der Waals surface area contributed by atoms with E-state index >= 15 is 0 Å². The second kappa shape index (κ2) is 4.99. The van der Waals surface area contributed by atoms with Crippen LogP contribution < -0.4 is 5.32 Å². The van der Waals surface area contributed by atoms with Crippen molar-refractivity contribution < 1.29 is 0 Å². The van der Waals surface area contributed by atoms with Crippen molar-refractivity contribution in [1.29, 1.82) is 0 Å². The van der Waals surface area contributed by atoms with E-state index in [4.69, 9.17) is 11.6 Å². The maximum atomic E-state index is 6.12. The second-order valence-corrected chi connectivity index (χ2v) is 5.12. The zero-order chi connectivity index (χ0) is 12.4. The van der Waals surface area contributed by atoms with Crippen molar-refractivity contribution in [2.75, 3.05) is 5.32 Å². The standard InChI is InChI=1S/C15H15ClN2/c16-14-10-17-8-7-15(14)18-13-6-5-11-3-1-2-4-12(11)9-13/h1-4,7-8,10,13H,5-6,9H2,(H,17,18). The van der Waals surface area contributed by atoms with Gasteiger partial charge in [-0.15, -0.1) is 0 Å². The third-order valence-electron chi connectivity index (χ3n) is 3.48. The molecule has 3 rings (SSSR count). The maximum absolute atomic E-state index is 6.12. The lowest BCUT2D eigenvalue weighted by atomic mass is 9.88. The summed E-state index contributed by atoms with van der Waals surface area (Å²) in [5.74, 6) is 0. The third-order valence-corrected chi connectivity index (χ3v) is 3.78. The first-order valence-corrected chi connectivity index (χ1v) is 6.63. The SMILES string of the molecule is Clc1cnccc1NC1CCc2ccccc2C1. The molecule has 1 N–H and O–H groups in total. The summed E-state index contributed by atoms with van der Waals surface area (Å²) in [5.41, 5.74) is 3.92. The molecule has 3 heteroatoms. The van der Waals surface area contributed by atoms with Crippen LogP contribution in [0.1, 0.15) is 17.5 Å². The number of hydrogen-bond acceptors (Lipinski definition) is 2. The monoisotopic (exact) mass is 258 g/mol. The lowest BCUT2D eigenvalue weighted by Crippen LogP contribution is -2.27. The molecular weight excluding hydrogens is 244 g/mol. The van der Waals surface area contributed by atoms with Crippen LogP contribution in [-0.2, 0) is 12.8 Å². The molecule has 0 aliphatic heterocycles. The molecular formula is C15H15ClN2. The molecule has 0 saturated carbocycles. The van der Waals surface area contributed by atoms with Gasteiger partial charge in [-0.1, -0.05) is 35.9 Å². The van der Waals surface area contributed by atoms with E-state index in [0.29, 0.717) is 11.1 Å². The van der Waals surface area contributed by atoms with Gasteiger partial charge in [0.15, 0.2) is 0 Å². The number of hydrogen-bond donors (Lipinski definition) is 1. The van der Waals surface area contributed by atoms with Crippen LogP contribution in [0.25, 0.3) is 0 Å². The fourth-order valence-corrected chi connectivity index (χ4v) is 2.71. The van der Waals surface area contributed by atoms with Crippen molar-refractivity contribution in [3.63, 3.8) is 0 Å². The van der Waals surface area contributed by atoms with E-state index in [-0.39, 0.29) is 0 Å². The summed E-state index contributed by atoms with van der Waals surface area (Å²) in [7, 11) is 0. The summed E-state index contributed by atoms with van der Waals surface area (Å²) in [6.45, 7) is 0. The molecule has 1 aromatic carbocycles. The first-order valence-electron chi connectivity index (χ1n) is 6.26. The predicted octanol–water partition coefficient (Wildman–Crippen LogP) is 3.70. The maximum Gasteiger partial charge on any atom is 0.0820 e. The van der Waals surface area contributed by atoms with Gasteiger partial charge in [0.25, 0.3) is 0 Å². The number of nitrogens with one attached hydrogen (secondary N) is 1. The van der Waals surface area contributed by atoms with Crippen molar-refractivity contribution in [3.05, 3.63) is 58.9 Å². The van der Waals surface area contributed by atoms with Gasteiger partial charge in [-0.05, 0) is 36.5 Å². The highest BCUT2D eigenvalue weighted by molar-refractivity contribution is 6.33. The van der Waals surface area contributed by atoms with E-state index in [0.717, 1.165) is 24.9 Å². The van der Waals surface area contributed by atoms with Gasteiger partial charge >= 0.3 is 0 Å². The van der Waals surface area contributed by atoms with Crippen LogP contribution in [0.15, 0.2) is 42.7 Å². The first-order chi connectivity index (χ1) is 8.83. The van der Waals surface area contributed by atoms with E-state index < -0.39 is 0 Å². The van der Waals surface area contributed by atoms with Crippen LogP contribution in [0.5, 0.6) is 0 Å². The summed E-state index contributed by atoms with van der Waals surface area (Å²) < 4.78 is 0.